The fourth-order valence-corrected chi connectivity index (χ4v) is 3.37. The summed E-state index contributed by atoms with van der Waals surface area (Å²) in [5, 5.41) is 3.66. The molecule has 2 aromatic carbocycles. The molecular formula is C21H27NO2. The molecule has 3 nitrogen and oxygen atoms in total. The van der Waals surface area contributed by atoms with Gasteiger partial charge >= 0.3 is 0 Å². The minimum Gasteiger partial charge on any atom is -0.497 e. The van der Waals surface area contributed by atoms with Crippen LogP contribution in [0.4, 0.5) is 0 Å². The molecule has 0 amide bonds. The standard InChI is InChI=1S/C21H27NO2/c1-21(2,3)15-6-9-19(24-5)18(13-15)20-17-8-7-16(23-4)12-14(17)10-11-22-20/h6-9,12-13,20,22H,10-11H2,1-5H3. The summed E-state index contributed by atoms with van der Waals surface area (Å²) >= 11 is 0. The fourth-order valence-electron chi connectivity index (χ4n) is 3.37. The lowest BCUT2D eigenvalue weighted by molar-refractivity contribution is 0.400. The van der Waals surface area contributed by atoms with Gasteiger partial charge in [0, 0.05) is 12.1 Å². The molecular weight excluding hydrogens is 298 g/mol. The highest BCUT2D eigenvalue weighted by Gasteiger charge is 2.26. The van der Waals surface area contributed by atoms with E-state index < -0.39 is 0 Å². The van der Waals surface area contributed by atoms with Crippen LogP contribution < -0.4 is 14.8 Å². The topological polar surface area (TPSA) is 30.5 Å². The number of nitrogens with one attached hydrogen (secondary N) is 1. The van der Waals surface area contributed by atoms with Crippen molar-refractivity contribution in [1.29, 1.82) is 0 Å². The van der Waals surface area contributed by atoms with Crippen LogP contribution in [-0.4, -0.2) is 20.8 Å². The Morgan fingerprint density at radius 1 is 0.958 bits per heavy atom. The Morgan fingerprint density at radius 3 is 2.42 bits per heavy atom. The molecule has 0 bridgehead atoms. The number of hydrogen-bond donors (Lipinski definition) is 1. The van der Waals surface area contributed by atoms with Crippen molar-refractivity contribution in [1.82, 2.24) is 5.32 Å². The lowest BCUT2D eigenvalue weighted by atomic mass is 9.83. The number of rotatable bonds is 3. The van der Waals surface area contributed by atoms with Crippen LogP contribution in [0.25, 0.3) is 0 Å². The van der Waals surface area contributed by atoms with Gasteiger partial charge in [0.25, 0.3) is 0 Å². The predicted octanol–water partition coefficient (Wildman–Crippen LogP) is 4.24. The molecule has 0 radical (unpaired) electrons. The van der Waals surface area contributed by atoms with Crippen molar-refractivity contribution in [2.75, 3.05) is 20.8 Å². The van der Waals surface area contributed by atoms with E-state index in [2.05, 4.69) is 56.4 Å². The molecule has 0 saturated heterocycles. The Balaban J connectivity index is 2.10. The van der Waals surface area contributed by atoms with Gasteiger partial charge in [0.2, 0.25) is 0 Å². The molecule has 3 heteroatoms. The second-order valence-electron chi connectivity index (χ2n) is 7.41. The molecule has 1 unspecified atom stereocenters. The summed E-state index contributed by atoms with van der Waals surface area (Å²) in [4.78, 5) is 0. The minimum absolute atomic E-state index is 0.110. The minimum atomic E-state index is 0.110. The van der Waals surface area contributed by atoms with Gasteiger partial charge in [0.05, 0.1) is 20.3 Å². The molecule has 1 aliphatic heterocycles. The molecule has 0 saturated carbocycles. The molecule has 1 N–H and O–H groups in total. The first-order valence-corrected chi connectivity index (χ1v) is 8.52. The predicted molar refractivity (Wildman–Crippen MR) is 98.2 cm³/mol. The second-order valence-corrected chi connectivity index (χ2v) is 7.41. The molecule has 1 aliphatic rings. The van der Waals surface area contributed by atoms with Gasteiger partial charge in [-0.2, -0.15) is 0 Å². The first kappa shape index (κ1) is 16.8. The van der Waals surface area contributed by atoms with Crippen molar-refractivity contribution in [3.8, 4) is 11.5 Å². The van der Waals surface area contributed by atoms with E-state index in [1.165, 1.54) is 22.3 Å². The van der Waals surface area contributed by atoms with Crippen LogP contribution in [0.15, 0.2) is 36.4 Å². The Labute approximate surface area is 145 Å². The van der Waals surface area contributed by atoms with E-state index in [-0.39, 0.29) is 11.5 Å². The Kier molecular flexibility index (Phi) is 4.55. The van der Waals surface area contributed by atoms with E-state index in [0.29, 0.717) is 0 Å². The van der Waals surface area contributed by atoms with Gasteiger partial charge in [-0.05, 0) is 52.8 Å². The van der Waals surface area contributed by atoms with Gasteiger partial charge < -0.3 is 14.8 Å². The maximum atomic E-state index is 5.66. The molecule has 3 rings (SSSR count). The molecule has 1 atom stereocenters. The second kappa shape index (κ2) is 6.48. The van der Waals surface area contributed by atoms with E-state index in [9.17, 15) is 0 Å². The van der Waals surface area contributed by atoms with Crippen LogP contribution in [-0.2, 0) is 11.8 Å². The van der Waals surface area contributed by atoms with E-state index >= 15 is 0 Å². The highest BCUT2D eigenvalue weighted by atomic mass is 16.5. The third-order valence-corrected chi connectivity index (χ3v) is 4.81. The zero-order valence-electron chi connectivity index (χ0n) is 15.3. The summed E-state index contributed by atoms with van der Waals surface area (Å²) < 4.78 is 11.0. The lowest BCUT2D eigenvalue weighted by Gasteiger charge is -2.30. The first-order valence-electron chi connectivity index (χ1n) is 8.52. The Bertz CT molecular complexity index is 731. The average molecular weight is 325 g/mol. The van der Waals surface area contributed by atoms with Crippen LogP contribution in [0.3, 0.4) is 0 Å². The van der Waals surface area contributed by atoms with E-state index in [4.69, 9.17) is 9.47 Å². The summed E-state index contributed by atoms with van der Waals surface area (Å²) in [5.41, 5.74) is 5.29. The van der Waals surface area contributed by atoms with Crippen molar-refractivity contribution < 1.29 is 9.47 Å². The summed E-state index contributed by atoms with van der Waals surface area (Å²) in [6.45, 7) is 7.68. The van der Waals surface area contributed by atoms with Gasteiger partial charge in [0.1, 0.15) is 11.5 Å². The van der Waals surface area contributed by atoms with Crippen LogP contribution >= 0.6 is 0 Å². The normalized spacial score (nSPS) is 17.3. The van der Waals surface area contributed by atoms with Crippen LogP contribution in [0.1, 0.15) is 49.1 Å². The molecule has 2 aromatic rings. The number of hydrogen-bond acceptors (Lipinski definition) is 3. The summed E-state index contributed by atoms with van der Waals surface area (Å²) in [5.74, 6) is 1.86. The van der Waals surface area contributed by atoms with Gasteiger partial charge in [-0.3, -0.25) is 0 Å². The highest BCUT2D eigenvalue weighted by molar-refractivity contribution is 5.49. The zero-order valence-corrected chi connectivity index (χ0v) is 15.3. The molecule has 24 heavy (non-hydrogen) atoms. The summed E-state index contributed by atoms with van der Waals surface area (Å²) in [7, 11) is 3.46. The van der Waals surface area contributed by atoms with Crippen molar-refractivity contribution in [3.05, 3.63) is 58.7 Å². The van der Waals surface area contributed by atoms with Crippen LogP contribution in [0.5, 0.6) is 11.5 Å². The van der Waals surface area contributed by atoms with Gasteiger partial charge in [-0.25, -0.2) is 0 Å². The van der Waals surface area contributed by atoms with E-state index in [1.807, 2.05) is 6.07 Å². The van der Waals surface area contributed by atoms with E-state index in [1.54, 1.807) is 14.2 Å². The quantitative estimate of drug-likeness (QED) is 0.916. The zero-order chi connectivity index (χ0) is 17.3. The first-order chi connectivity index (χ1) is 11.4. The largest absolute Gasteiger partial charge is 0.497 e. The molecule has 0 aromatic heterocycles. The van der Waals surface area contributed by atoms with Crippen molar-refractivity contribution in [3.63, 3.8) is 0 Å². The third kappa shape index (κ3) is 3.13. The monoisotopic (exact) mass is 325 g/mol. The smallest absolute Gasteiger partial charge is 0.124 e. The number of ether oxygens (including phenoxy) is 2. The Hall–Kier alpha value is -2.00. The lowest BCUT2D eigenvalue weighted by Crippen LogP contribution is -2.31. The van der Waals surface area contributed by atoms with Crippen LogP contribution in [0.2, 0.25) is 0 Å². The maximum absolute atomic E-state index is 5.66. The Morgan fingerprint density at radius 2 is 1.75 bits per heavy atom. The van der Waals surface area contributed by atoms with Crippen molar-refractivity contribution in [2.45, 2.75) is 38.6 Å². The molecule has 0 aliphatic carbocycles. The van der Waals surface area contributed by atoms with Gasteiger partial charge in [-0.1, -0.05) is 32.9 Å². The van der Waals surface area contributed by atoms with E-state index in [0.717, 1.165) is 24.5 Å². The van der Waals surface area contributed by atoms with Crippen molar-refractivity contribution in [2.24, 2.45) is 0 Å². The molecule has 0 fully saturated rings. The van der Waals surface area contributed by atoms with Crippen molar-refractivity contribution >= 4 is 0 Å². The maximum Gasteiger partial charge on any atom is 0.124 e. The third-order valence-electron chi connectivity index (χ3n) is 4.81. The molecule has 0 spiro atoms. The average Bonchev–Trinajstić information content (AvgIpc) is 2.59. The number of benzene rings is 2. The SMILES string of the molecule is COc1ccc2c(c1)CCNC2c1cc(C(C)(C)C)ccc1OC. The summed E-state index contributed by atoms with van der Waals surface area (Å²) in [6, 6.07) is 13.1. The number of methoxy groups -OCH3 is 2. The molecule has 1 heterocycles. The number of fused-ring (bicyclic) bond motifs is 1. The summed E-state index contributed by atoms with van der Waals surface area (Å²) in [6.07, 6.45) is 1.02. The molecule has 128 valence electrons. The van der Waals surface area contributed by atoms with Gasteiger partial charge in [-0.15, -0.1) is 0 Å². The van der Waals surface area contributed by atoms with Gasteiger partial charge in [0.15, 0.2) is 0 Å². The fraction of sp³-hybridized carbons (Fsp3) is 0.429. The van der Waals surface area contributed by atoms with Crippen LogP contribution in [0, 0.1) is 0 Å². The highest BCUT2D eigenvalue weighted by Crippen LogP contribution is 2.37.